The van der Waals surface area contributed by atoms with Crippen molar-refractivity contribution in [3.05, 3.63) is 58.1 Å². The lowest BCUT2D eigenvalue weighted by molar-refractivity contribution is 0.573. The minimum Gasteiger partial charge on any atom is -0.237 e. The second-order valence-corrected chi connectivity index (χ2v) is 5.50. The van der Waals surface area contributed by atoms with E-state index in [0.29, 0.717) is 22.5 Å². The summed E-state index contributed by atoms with van der Waals surface area (Å²) in [6, 6.07) is 5.19. The first-order valence-electron chi connectivity index (χ1n) is 6.40. The summed E-state index contributed by atoms with van der Waals surface area (Å²) in [4.78, 5) is 8.47. The van der Waals surface area contributed by atoms with Gasteiger partial charge < -0.3 is 0 Å². The van der Waals surface area contributed by atoms with Gasteiger partial charge in [-0.1, -0.05) is 31.5 Å². The maximum atomic E-state index is 13.6. The molecule has 5 heteroatoms. The third-order valence-electron chi connectivity index (χ3n) is 2.78. The maximum Gasteiger partial charge on any atom is 0.134 e. The predicted molar refractivity (Wildman–Crippen MR) is 74.7 cm³/mol. The predicted octanol–water partition coefficient (Wildman–Crippen LogP) is 4.20. The van der Waals surface area contributed by atoms with E-state index >= 15 is 0 Å². The van der Waals surface area contributed by atoms with Crippen LogP contribution in [0.2, 0.25) is 5.15 Å². The van der Waals surface area contributed by atoms with Crippen LogP contribution in [0.15, 0.2) is 24.3 Å². The van der Waals surface area contributed by atoms with E-state index < -0.39 is 11.6 Å². The molecule has 1 aromatic carbocycles. The van der Waals surface area contributed by atoms with Crippen LogP contribution in [0.3, 0.4) is 0 Å². The fourth-order valence-electron chi connectivity index (χ4n) is 1.95. The van der Waals surface area contributed by atoms with E-state index in [1.807, 2.05) is 0 Å². The van der Waals surface area contributed by atoms with Crippen molar-refractivity contribution in [3.8, 4) is 0 Å². The molecular weight excluding hydrogens is 282 g/mol. The standard InChI is InChI=1S/C15H15ClF2N2/c1-9(2)5-12-8-14(16)20-15(19-12)6-10-3-4-11(17)7-13(10)18/h3-4,7-9H,5-6H2,1-2H3. The van der Waals surface area contributed by atoms with E-state index in [4.69, 9.17) is 11.6 Å². The minimum absolute atomic E-state index is 0.192. The molecule has 0 bridgehead atoms. The van der Waals surface area contributed by atoms with Crippen molar-refractivity contribution in [2.45, 2.75) is 26.7 Å². The number of halogens is 3. The molecule has 2 nitrogen and oxygen atoms in total. The first-order valence-corrected chi connectivity index (χ1v) is 6.78. The van der Waals surface area contributed by atoms with Gasteiger partial charge in [0.1, 0.15) is 22.6 Å². The summed E-state index contributed by atoms with van der Waals surface area (Å²) >= 11 is 5.96. The molecule has 0 N–H and O–H groups in total. The SMILES string of the molecule is CC(C)Cc1cc(Cl)nc(Cc2ccc(F)cc2F)n1. The Labute approximate surface area is 121 Å². The molecule has 0 radical (unpaired) electrons. The van der Waals surface area contributed by atoms with Gasteiger partial charge >= 0.3 is 0 Å². The van der Waals surface area contributed by atoms with Crippen molar-refractivity contribution < 1.29 is 8.78 Å². The fourth-order valence-corrected chi connectivity index (χ4v) is 2.18. The quantitative estimate of drug-likeness (QED) is 0.790. The van der Waals surface area contributed by atoms with Gasteiger partial charge in [0.25, 0.3) is 0 Å². The van der Waals surface area contributed by atoms with E-state index in [9.17, 15) is 8.78 Å². The van der Waals surface area contributed by atoms with E-state index in [2.05, 4.69) is 23.8 Å². The number of aromatic nitrogens is 2. The zero-order valence-electron chi connectivity index (χ0n) is 11.3. The summed E-state index contributed by atoms with van der Waals surface area (Å²) in [5.74, 6) is -0.312. The number of rotatable bonds is 4. The van der Waals surface area contributed by atoms with Crippen molar-refractivity contribution in [2.24, 2.45) is 5.92 Å². The highest BCUT2D eigenvalue weighted by molar-refractivity contribution is 6.29. The Bertz CT molecular complexity index is 615. The highest BCUT2D eigenvalue weighted by Gasteiger charge is 2.10. The number of benzene rings is 1. The van der Waals surface area contributed by atoms with Crippen LogP contribution in [0, 0.1) is 17.6 Å². The Morgan fingerprint density at radius 1 is 1.15 bits per heavy atom. The number of hydrogen-bond acceptors (Lipinski definition) is 2. The number of nitrogens with zero attached hydrogens (tertiary/aromatic N) is 2. The van der Waals surface area contributed by atoms with Gasteiger partial charge in [-0.25, -0.2) is 18.7 Å². The molecule has 0 aliphatic heterocycles. The molecule has 0 atom stereocenters. The summed E-state index contributed by atoms with van der Waals surface area (Å²) in [5, 5.41) is 0.341. The summed E-state index contributed by atoms with van der Waals surface area (Å²) < 4.78 is 26.5. The molecule has 106 valence electrons. The van der Waals surface area contributed by atoms with Gasteiger partial charge in [-0.05, 0) is 30.0 Å². The number of hydrogen-bond donors (Lipinski definition) is 0. The van der Waals surface area contributed by atoms with Crippen LogP contribution >= 0.6 is 11.6 Å². The monoisotopic (exact) mass is 296 g/mol. The van der Waals surface area contributed by atoms with E-state index in [0.717, 1.165) is 18.2 Å². The first-order chi connectivity index (χ1) is 9.44. The van der Waals surface area contributed by atoms with Crippen LogP contribution < -0.4 is 0 Å². The lowest BCUT2D eigenvalue weighted by Gasteiger charge is -2.08. The van der Waals surface area contributed by atoms with Crippen LogP contribution in [0.25, 0.3) is 0 Å². The lowest BCUT2D eigenvalue weighted by Crippen LogP contribution is -2.05. The molecule has 0 unspecified atom stereocenters. The highest BCUT2D eigenvalue weighted by atomic mass is 35.5. The molecule has 1 aromatic heterocycles. The van der Waals surface area contributed by atoms with Gasteiger partial charge in [-0.3, -0.25) is 0 Å². The Morgan fingerprint density at radius 3 is 2.55 bits per heavy atom. The van der Waals surface area contributed by atoms with Crippen LogP contribution in [0.5, 0.6) is 0 Å². The van der Waals surface area contributed by atoms with Crippen LogP contribution in [0.4, 0.5) is 8.78 Å². The average molecular weight is 297 g/mol. The van der Waals surface area contributed by atoms with Gasteiger partial charge in [-0.15, -0.1) is 0 Å². The largest absolute Gasteiger partial charge is 0.237 e. The third kappa shape index (κ3) is 3.97. The average Bonchev–Trinajstić information content (AvgIpc) is 2.31. The molecule has 0 fully saturated rings. The van der Waals surface area contributed by atoms with E-state index in [-0.39, 0.29) is 6.42 Å². The summed E-state index contributed by atoms with van der Waals surface area (Å²) in [6.45, 7) is 4.16. The summed E-state index contributed by atoms with van der Waals surface area (Å²) in [5.41, 5.74) is 1.18. The van der Waals surface area contributed by atoms with Gasteiger partial charge in [0.05, 0.1) is 0 Å². The summed E-state index contributed by atoms with van der Waals surface area (Å²) in [7, 11) is 0. The van der Waals surface area contributed by atoms with Crippen molar-refractivity contribution in [2.75, 3.05) is 0 Å². The second-order valence-electron chi connectivity index (χ2n) is 5.11. The molecule has 0 spiro atoms. The Kier molecular flexibility index (Phi) is 4.65. The Balaban J connectivity index is 2.26. The Hall–Kier alpha value is -1.55. The summed E-state index contributed by atoms with van der Waals surface area (Å²) in [6.07, 6.45) is 0.971. The Morgan fingerprint density at radius 2 is 1.90 bits per heavy atom. The smallest absolute Gasteiger partial charge is 0.134 e. The molecule has 0 aliphatic carbocycles. The van der Waals surface area contributed by atoms with Gasteiger partial charge in [0.2, 0.25) is 0 Å². The minimum atomic E-state index is -0.598. The van der Waals surface area contributed by atoms with E-state index in [1.165, 1.54) is 12.1 Å². The molecule has 0 aliphatic rings. The zero-order valence-corrected chi connectivity index (χ0v) is 12.1. The van der Waals surface area contributed by atoms with Crippen LogP contribution in [0.1, 0.15) is 30.9 Å². The molecule has 0 saturated heterocycles. The first kappa shape index (κ1) is 14.9. The normalized spacial score (nSPS) is 11.1. The second kappa shape index (κ2) is 6.27. The molecular formula is C15H15ClF2N2. The van der Waals surface area contributed by atoms with Gasteiger partial charge in [-0.2, -0.15) is 0 Å². The van der Waals surface area contributed by atoms with E-state index in [1.54, 1.807) is 6.07 Å². The molecule has 20 heavy (non-hydrogen) atoms. The van der Waals surface area contributed by atoms with Crippen molar-refractivity contribution >= 4 is 11.6 Å². The lowest BCUT2D eigenvalue weighted by atomic mass is 10.1. The molecule has 0 saturated carbocycles. The molecule has 0 amide bonds. The molecule has 1 heterocycles. The van der Waals surface area contributed by atoms with Crippen molar-refractivity contribution in [1.29, 1.82) is 0 Å². The maximum absolute atomic E-state index is 13.6. The van der Waals surface area contributed by atoms with Crippen molar-refractivity contribution in [1.82, 2.24) is 9.97 Å². The zero-order chi connectivity index (χ0) is 14.7. The van der Waals surface area contributed by atoms with Crippen LogP contribution in [-0.2, 0) is 12.8 Å². The van der Waals surface area contributed by atoms with Gasteiger partial charge in [0.15, 0.2) is 0 Å². The third-order valence-corrected chi connectivity index (χ3v) is 2.97. The fraction of sp³-hybridized carbons (Fsp3) is 0.333. The molecule has 2 rings (SSSR count). The van der Waals surface area contributed by atoms with Crippen molar-refractivity contribution in [3.63, 3.8) is 0 Å². The van der Waals surface area contributed by atoms with Gasteiger partial charge in [0, 0.05) is 18.2 Å². The molecule has 2 aromatic rings. The highest BCUT2D eigenvalue weighted by Crippen LogP contribution is 2.16. The van der Waals surface area contributed by atoms with Crippen LogP contribution in [-0.4, -0.2) is 9.97 Å². The topological polar surface area (TPSA) is 25.8 Å².